The number of nitrogens with two attached hydrogens (primary N) is 1. The van der Waals surface area contributed by atoms with E-state index < -0.39 is 0 Å². The first-order valence-corrected chi connectivity index (χ1v) is 7.29. The summed E-state index contributed by atoms with van der Waals surface area (Å²) in [5, 5.41) is 2.96. The minimum absolute atomic E-state index is 0.0675. The highest BCUT2D eigenvalue weighted by molar-refractivity contribution is 9.10. The van der Waals surface area contributed by atoms with E-state index in [1.165, 1.54) is 0 Å². The van der Waals surface area contributed by atoms with E-state index in [0.29, 0.717) is 0 Å². The highest BCUT2D eigenvalue weighted by atomic mass is 79.9. The van der Waals surface area contributed by atoms with E-state index >= 15 is 0 Å². The third-order valence-corrected chi connectivity index (χ3v) is 4.27. The van der Waals surface area contributed by atoms with E-state index in [-0.39, 0.29) is 17.9 Å². The van der Waals surface area contributed by atoms with E-state index in [4.69, 9.17) is 10.5 Å². The topological polar surface area (TPSA) is 64.3 Å². The summed E-state index contributed by atoms with van der Waals surface area (Å²) >= 11 is 3.43. The third kappa shape index (κ3) is 3.70. The normalized spacial score (nSPS) is 22.9. The van der Waals surface area contributed by atoms with Gasteiger partial charge in [0.1, 0.15) is 5.75 Å². The summed E-state index contributed by atoms with van der Waals surface area (Å²) in [7, 11) is 1.61. The lowest BCUT2D eigenvalue weighted by Crippen LogP contribution is -2.32. The van der Waals surface area contributed by atoms with Gasteiger partial charge in [0.2, 0.25) is 5.91 Å². The molecule has 19 heavy (non-hydrogen) atoms. The summed E-state index contributed by atoms with van der Waals surface area (Å²) in [4.78, 5) is 12.2. The van der Waals surface area contributed by atoms with Gasteiger partial charge >= 0.3 is 0 Å². The van der Waals surface area contributed by atoms with Crippen molar-refractivity contribution in [1.29, 1.82) is 0 Å². The van der Waals surface area contributed by atoms with Crippen LogP contribution in [-0.4, -0.2) is 19.1 Å². The van der Waals surface area contributed by atoms with Gasteiger partial charge in [0.25, 0.3) is 0 Å². The fourth-order valence-electron chi connectivity index (χ4n) is 2.34. The number of anilines is 1. The minimum Gasteiger partial charge on any atom is -0.497 e. The molecule has 4 nitrogen and oxygen atoms in total. The lowest BCUT2D eigenvalue weighted by molar-refractivity contribution is -0.120. The molecule has 5 heteroatoms. The maximum atomic E-state index is 12.2. The van der Waals surface area contributed by atoms with Crippen LogP contribution in [0.1, 0.15) is 25.7 Å². The number of benzene rings is 1. The Labute approximate surface area is 121 Å². The molecule has 0 unspecified atom stereocenters. The van der Waals surface area contributed by atoms with Crippen molar-refractivity contribution in [3.05, 3.63) is 22.7 Å². The summed E-state index contributed by atoms with van der Waals surface area (Å²) in [5.41, 5.74) is 6.61. The van der Waals surface area contributed by atoms with Gasteiger partial charge in [-0.1, -0.05) is 0 Å². The molecule has 1 saturated carbocycles. The Morgan fingerprint density at radius 2 is 2.05 bits per heavy atom. The zero-order valence-corrected chi connectivity index (χ0v) is 12.6. The summed E-state index contributed by atoms with van der Waals surface area (Å²) in [6.07, 6.45) is 3.60. The van der Waals surface area contributed by atoms with E-state index in [9.17, 15) is 4.79 Å². The van der Waals surface area contributed by atoms with Crippen molar-refractivity contribution >= 4 is 27.5 Å². The molecule has 1 fully saturated rings. The number of rotatable bonds is 3. The number of methoxy groups -OCH3 is 1. The molecule has 1 aliphatic carbocycles. The Balaban J connectivity index is 2.02. The maximum Gasteiger partial charge on any atom is 0.227 e. The quantitative estimate of drug-likeness (QED) is 0.897. The number of nitrogens with one attached hydrogen (secondary N) is 1. The molecular weight excluding hydrogens is 308 g/mol. The molecule has 2 rings (SSSR count). The van der Waals surface area contributed by atoms with Crippen LogP contribution in [0.5, 0.6) is 5.75 Å². The summed E-state index contributed by atoms with van der Waals surface area (Å²) in [6.45, 7) is 0. The van der Waals surface area contributed by atoms with Crippen LogP contribution in [0.15, 0.2) is 22.7 Å². The SMILES string of the molecule is COc1ccc(Br)c(NC(=O)C2CCC(N)CC2)c1. The smallest absolute Gasteiger partial charge is 0.227 e. The van der Waals surface area contributed by atoms with Crippen molar-refractivity contribution in [2.75, 3.05) is 12.4 Å². The Morgan fingerprint density at radius 1 is 1.37 bits per heavy atom. The molecule has 0 heterocycles. The number of amides is 1. The number of carbonyl (C=O) groups excluding carboxylic acids is 1. The van der Waals surface area contributed by atoms with Crippen LogP contribution in [0.25, 0.3) is 0 Å². The van der Waals surface area contributed by atoms with Crippen molar-refractivity contribution in [2.24, 2.45) is 11.7 Å². The van der Waals surface area contributed by atoms with E-state index in [2.05, 4.69) is 21.2 Å². The summed E-state index contributed by atoms with van der Waals surface area (Å²) in [5.74, 6) is 0.864. The van der Waals surface area contributed by atoms with Crippen molar-refractivity contribution in [3.63, 3.8) is 0 Å². The molecule has 1 aromatic rings. The molecule has 1 aromatic carbocycles. The van der Waals surface area contributed by atoms with Gasteiger partial charge < -0.3 is 15.8 Å². The summed E-state index contributed by atoms with van der Waals surface area (Å²) in [6, 6.07) is 5.79. The van der Waals surface area contributed by atoms with E-state index in [1.54, 1.807) is 7.11 Å². The zero-order chi connectivity index (χ0) is 13.8. The second kappa shape index (κ2) is 6.39. The molecule has 0 aromatic heterocycles. The van der Waals surface area contributed by atoms with Crippen molar-refractivity contribution in [1.82, 2.24) is 0 Å². The molecule has 0 atom stereocenters. The fraction of sp³-hybridized carbons (Fsp3) is 0.500. The minimum atomic E-state index is 0.0675. The molecule has 104 valence electrons. The van der Waals surface area contributed by atoms with Gasteiger partial charge in [-0.15, -0.1) is 0 Å². The average Bonchev–Trinajstić information content (AvgIpc) is 2.42. The zero-order valence-electron chi connectivity index (χ0n) is 11.0. The second-order valence-electron chi connectivity index (χ2n) is 4.95. The van der Waals surface area contributed by atoms with Crippen molar-refractivity contribution in [3.8, 4) is 5.75 Å². The van der Waals surface area contributed by atoms with Crippen LogP contribution in [-0.2, 0) is 4.79 Å². The molecule has 1 aliphatic rings. The molecule has 0 radical (unpaired) electrons. The monoisotopic (exact) mass is 326 g/mol. The molecule has 0 aliphatic heterocycles. The lowest BCUT2D eigenvalue weighted by atomic mass is 9.86. The predicted molar refractivity (Wildman–Crippen MR) is 79.3 cm³/mol. The highest BCUT2D eigenvalue weighted by Crippen LogP contribution is 2.29. The average molecular weight is 327 g/mol. The van der Waals surface area contributed by atoms with E-state index in [1.807, 2.05) is 18.2 Å². The molecule has 0 spiro atoms. The Morgan fingerprint density at radius 3 is 2.68 bits per heavy atom. The molecule has 0 saturated heterocycles. The first kappa shape index (κ1) is 14.3. The largest absolute Gasteiger partial charge is 0.497 e. The first-order valence-electron chi connectivity index (χ1n) is 6.50. The second-order valence-corrected chi connectivity index (χ2v) is 5.80. The van der Waals surface area contributed by atoms with Gasteiger partial charge in [-0.2, -0.15) is 0 Å². The van der Waals surface area contributed by atoms with Gasteiger partial charge in [0.15, 0.2) is 0 Å². The Hall–Kier alpha value is -1.07. The predicted octanol–water partition coefficient (Wildman–Crippen LogP) is 2.91. The highest BCUT2D eigenvalue weighted by Gasteiger charge is 2.24. The molecule has 3 N–H and O–H groups in total. The Bertz CT molecular complexity index is 457. The number of carbonyl (C=O) groups is 1. The standard InChI is InChI=1S/C14H19BrN2O2/c1-19-11-6-7-12(15)13(8-11)17-14(18)9-2-4-10(16)5-3-9/h6-10H,2-5,16H2,1H3,(H,17,18). The van der Waals surface area contributed by atoms with Gasteiger partial charge in [-0.25, -0.2) is 0 Å². The van der Waals surface area contributed by atoms with Crippen LogP contribution >= 0.6 is 15.9 Å². The Kier molecular flexibility index (Phi) is 4.82. The third-order valence-electron chi connectivity index (χ3n) is 3.57. The summed E-state index contributed by atoms with van der Waals surface area (Å²) < 4.78 is 6.02. The van der Waals surface area contributed by atoms with Crippen LogP contribution in [0, 0.1) is 5.92 Å². The van der Waals surface area contributed by atoms with Gasteiger partial charge in [-0.3, -0.25) is 4.79 Å². The number of halogens is 1. The first-order chi connectivity index (χ1) is 9.10. The fourth-order valence-corrected chi connectivity index (χ4v) is 2.69. The van der Waals surface area contributed by atoms with Crippen LogP contribution in [0.2, 0.25) is 0 Å². The number of hydrogen-bond acceptors (Lipinski definition) is 3. The molecular formula is C14H19BrN2O2. The van der Waals surface area contributed by atoms with Gasteiger partial charge in [0.05, 0.1) is 12.8 Å². The van der Waals surface area contributed by atoms with E-state index in [0.717, 1.165) is 41.6 Å². The molecule has 1 amide bonds. The van der Waals surface area contributed by atoms with Gasteiger partial charge in [0, 0.05) is 22.5 Å². The maximum absolute atomic E-state index is 12.2. The number of hydrogen-bond donors (Lipinski definition) is 2. The van der Waals surface area contributed by atoms with Gasteiger partial charge in [-0.05, 0) is 53.7 Å². The number of ether oxygens (including phenoxy) is 1. The van der Waals surface area contributed by atoms with Crippen LogP contribution in [0.4, 0.5) is 5.69 Å². The van der Waals surface area contributed by atoms with Crippen molar-refractivity contribution in [2.45, 2.75) is 31.7 Å². The molecule has 0 bridgehead atoms. The van der Waals surface area contributed by atoms with Crippen LogP contribution < -0.4 is 15.8 Å². The lowest BCUT2D eigenvalue weighted by Gasteiger charge is -2.25. The van der Waals surface area contributed by atoms with Crippen molar-refractivity contribution < 1.29 is 9.53 Å². The van der Waals surface area contributed by atoms with Crippen LogP contribution in [0.3, 0.4) is 0 Å².